The molecular formula is C13H16N4O3S. The summed E-state index contributed by atoms with van der Waals surface area (Å²) in [6.07, 6.45) is 0.616. The zero-order valence-corrected chi connectivity index (χ0v) is 12.6. The summed E-state index contributed by atoms with van der Waals surface area (Å²) in [5.74, 6) is 1.01. The molecule has 1 N–H and O–H groups in total. The number of hydrogen-bond donors (Lipinski definition) is 1. The number of carbonyl (C=O) groups excluding carboxylic acids is 1. The largest absolute Gasteiger partial charge is 0.380 e. The van der Waals surface area contributed by atoms with E-state index in [4.69, 9.17) is 9.26 Å². The van der Waals surface area contributed by atoms with Gasteiger partial charge in [-0.05, 0) is 18.4 Å². The van der Waals surface area contributed by atoms with Crippen LogP contribution in [0.1, 0.15) is 24.2 Å². The van der Waals surface area contributed by atoms with Gasteiger partial charge in [0.25, 0.3) is 0 Å². The first-order valence-electron chi connectivity index (χ1n) is 6.60. The quantitative estimate of drug-likeness (QED) is 0.942. The minimum Gasteiger partial charge on any atom is -0.380 e. The Morgan fingerprint density at radius 2 is 2.48 bits per heavy atom. The summed E-state index contributed by atoms with van der Waals surface area (Å²) < 4.78 is 10.6. The zero-order valence-electron chi connectivity index (χ0n) is 11.8. The van der Waals surface area contributed by atoms with Crippen molar-refractivity contribution in [2.24, 2.45) is 0 Å². The Balaban J connectivity index is 1.78. The lowest BCUT2D eigenvalue weighted by Gasteiger charge is -2.21. The number of thiophene rings is 1. The number of rotatable bonds is 3. The second-order valence-electron chi connectivity index (χ2n) is 4.88. The molecule has 0 unspecified atom stereocenters. The molecule has 7 nitrogen and oxygen atoms in total. The van der Waals surface area contributed by atoms with Crippen molar-refractivity contribution in [3.05, 3.63) is 28.5 Å². The first kappa shape index (κ1) is 14.0. The molecule has 0 spiro atoms. The molecule has 0 saturated carbocycles. The van der Waals surface area contributed by atoms with E-state index in [0.29, 0.717) is 24.7 Å². The lowest BCUT2D eigenvalue weighted by Crippen LogP contribution is -2.35. The highest BCUT2D eigenvalue weighted by Crippen LogP contribution is 2.33. The lowest BCUT2D eigenvalue weighted by molar-refractivity contribution is 0.111. The van der Waals surface area contributed by atoms with Gasteiger partial charge in [0.2, 0.25) is 5.89 Å². The van der Waals surface area contributed by atoms with Gasteiger partial charge in [-0.1, -0.05) is 5.16 Å². The van der Waals surface area contributed by atoms with Gasteiger partial charge >= 0.3 is 6.03 Å². The van der Waals surface area contributed by atoms with Crippen molar-refractivity contribution in [2.45, 2.75) is 25.5 Å². The van der Waals surface area contributed by atoms with Gasteiger partial charge in [-0.15, -0.1) is 0 Å². The van der Waals surface area contributed by atoms with Crippen molar-refractivity contribution in [3.8, 4) is 0 Å². The molecule has 0 aliphatic carbocycles. The van der Waals surface area contributed by atoms with Crippen LogP contribution in [-0.4, -0.2) is 40.8 Å². The van der Waals surface area contributed by atoms with Gasteiger partial charge < -0.3 is 19.5 Å². The van der Waals surface area contributed by atoms with Crippen molar-refractivity contribution in [3.63, 3.8) is 0 Å². The van der Waals surface area contributed by atoms with E-state index >= 15 is 0 Å². The molecule has 1 aliphatic rings. The Labute approximate surface area is 125 Å². The van der Waals surface area contributed by atoms with Crippen LogP contribution in [0.25, 0.3) is 0 Å². The minimum atomic E-state index is -0.255. The van der Waals surface area contributed by atoms with Gasteiger partial charge in [-0.2, -0.15) is 16.3 Å². The molecule has 1 aliphatic heterocycles. The molecule has 0 aromatic carbocycles. The van der Waals surface area contributed by atoms with E-state index in [1.807, 2.05) is 16.8 Å². The average Bonchev–Trinajstić information content (AvgIpc) is 3.17. The molecule has 2 aromatic rings. The molecule has 3 heterocycles. The second-order valence-corrected chi connectivity index (χ2v) is 5.66. The van der Waals surface area contributed by atoms with Crippen LogP contribution in [0.15, 0.2) is 21.3 Å². The van der Waals surface area contributed by atoms with E-state index in [2.05, 4.69) is 15.5 Å². The van der Waals surface area contributed by atoms with E-state index in [1.54, 1.807) is 18.9 Å². The number of anilines is 1. The predicted octanol–water partition coefficient (Wildman–Crippen LogP) is 2.43. The SMILES string of the molecule is CO[C@@H]1C[C@H](c2nc(C)no2)N(C(=O)Nc2ccsc2)C1. The van der Waals surface area contributed by atoms with Crippen LogP contribution < -0.4 is 5.32 Å². The van der Waals surface area contributed by atoms with Crippen molar-refractivity contribution < 1.29 is 14.1 Å². The molecular weight excluding hydrogens is 292 g/mol. The molecule has 2 amide bonds. The van der Waals surface area contributed by atoms with Crippen LogP contribution in [0.4, 0.5) is 10.5 Å². The number of ether oxygens (including phenoxy) is 1. The molecule has 0 bridgehead atoms. The van der Waals surface area contributed by atoms with Crippen LogP contribution in [0, 0.1) is 6.92 Å². The summed E-state index contributed by atoms with van der Waals surface area (Å²) in [6.45, 7) is 2.25. The van der Waals surface area contributed by atoms with Crippen LogP contribution in [-0.2, 0) is 4.74 Å². The Hall–Kier alpha value is -1.93. The topological polar surface area (TPSA) is 80.5 Å². The van der Waals surface area contributed by atoms with Crippen molar-refractivity contribution >= 4 is 23.1 Å². The van der Waals surface area contributed by atoms with Gasteiger partial charge in [0.1, 0.15) is 6.04 Å². The monoisotopic (exact) mass is 308 g/mol. The Kier molecular flexibility index (Phi) is 3.89. The fourth-order valence-corrected chi connectivity index (χ4v) is 2.99. The number of nitrogens with zero attached hydrogens (tertiary/aromatic N) is 3. The maximum absolute atomic E-state index is 12.4. The summed E-state index contributed by atoms with van der Waals surface area (Å²) in [4.78, 5) is 18.4. The lowest BCUT2D eigenvalue weighted by atomic mass is 10.2. The van der Waals surface area contributed by atoms with E-state index in [1.165, 1.54) is 11.3 Å². The first-order valence-corrected chi connectivity index (χ1v) is 7.54. The number of nitrogens with one attached hydrogen (secondary N) is 1. The number of likely N-dealkylation sites (tertiary alicyclic amines) is 1. The van der Waals surface area contributed by atoms with E-state index in [9.17, 15) is 4.79 Å². The molecule has 112 valence electrons. The van der Waals surface area contributed by atoms with E-state index in [0.717, 1.165) is 5.69 Å². The maximum atomic E-state index is 12.4. The predicted molar refractivity (Wildman–Crippen MR) is 77.2 cm³/mol. The first-order chi connectivity index (χ1) is 10.2. The number of amides is 2. The summed E-state index contributed by atoms with van der Waals surface area (Å²) in [6, 6.07) is 1.42. The van der Waals surface area contributed by atoms with Gasteiger partial charge in [-0.25, -0.2) is 4.79 Å². The standard InChI is InChI=1S/C13H16N4O3S/c1-8-14-12(20-16-8)11-5-10(19-2)6-17(11)13(18)15-9-3-4-21-7-9/h3-4,7,10-11H,5-6H2,1-2H3,(H,15,18)/t10-,11-/m1/s1. The average molecular weight is 308 g/mol. The second kappa shape index (κ2) is 5.82. The normalized spacial score (nSPS) is 21.7. The molecule has 1 saturated heterocycles. The third-order valence-electron chi connectivity index (χ3n) is 3.46. The highest BCUT2D eigenvalue weighted by Gasteiger charge is 2.39. The summed E-state index contributed by atoms with van der Waals surface area (Å²) in [5.41, 5.74) is 0.784. The van der Waals surface area contributed by atoms with E-state index < -0.39 is 0 Å². The smallest absolute Gasteiger partial charge is 0.322 e. The molecule has 1 fully saturated rings. The van der Waals surface area contributed by atoms with Crippen molar-refractivity contribution in [1.82, 2.24) is 15.0 Å². The number of aryl methyl sites for hydroxylation is 1. The summed E-state index contributed by atoms with van der Waals surface area (Å²) >= 11 is 1.53. The summed E-state index contributed by atoms with van der Waals surface area (Å²) in [5, 5.41) is 10.5. The Morgan fingerprint density at radius 3 is 3.10 bits per heavy atom. The van der Waals surface area contributed by atoms with Crippen LogP contribution in [0.5, 0.6) is 0 Å². The third-order valence-corrected chi connectivity index (χ3v) is 4.14. The molecule has 0 radical (unpaired) electrons. The van der Waals surface area contributed by atoms with Gasteiger partial charge in [0.05, 0.1) is 11.8 Å². The van der Waals surface area contributed by atoms with Crippen LogP contribution in [0.2, 0.25) is 0 Å². The van der Waals surface area contributed by atoms with Crippen LogP contribution in [0.3, 0.4) is 0 Å². The van der Waals surface area contributed by atoms with Gasteiger partial charge in [0, 0.05) is 25.5 Å². The maximum Gasteiger partial charge on any atom is 0.322 e. The van der Waals surface area contributed by atoms with Crippen molar-refractivity contribution in [1.29, 1.82) is 0 Å². The fraction of sp³-hybridized carbons (Fsp3) is 0.462. The Morgan fingerprint density at radius 1 is 1.62 bits per heavy atom. The number of carbonyl (C=O) groups is 1. The summed E-state index contributed by atoms with van der Waals surface area (Å²) in [7, 11) is 1.64. The molecule has 2 aromatic heterocycles. The van der Waals surface area contributed by atoms with Crippen molar-refractivity contribution in [2.75, 3.05) is 19.0 Å². The number of urea groups is 1. The van der Waals surface area contributed by atoms with Gasteiger partial charge in [0.15, 0.2) is 5.82 Å². The zero-order chi connectivity index (χ0) is 14.8. The van der Waals surface area contributed by atoms with Crippen LogP contribution >= 0.6 is 11.3 Å². The van der Waals surface area contributed by atoms with Gasteiger partial charge in [-0.3, -0.25) is 0 Å². The Bertz CT molecular complexity index is 613. The minimum absolute atomic E-state index is 0.0320. The van der Waals surface area contributed by atoms with E-state index in [-0.39, 0.29) is 18.2 Å². The fourth-order valence-electron chi connectivity index (χ4n) is 2.41. The molecule has 2 atom stereocenters. The molecule has 3 rings (SSSR count). The third kappa shape index (κ3) is 2.91. The number of hydrogen-bond acceptors (Lipinski definition) is 6. The highest BCUT2D eigenvalue weighted by atomic mass is 32.1. The number of aromatic nitrogens is 2. The molecule has 21 heavy (non-hydrogen) atoms. The highest BCUT2D eigenvalue weighted by molar-refractivity contribution is 7.08. The molecule has 8 heteroatoms. The number of methoxy groups -OCH3 is 1.